The fourth-order valence-electron chi connectivity index (χ4n) is 3.40. The van der Waals surface area contributed by atoms with Gasteiger partial charge in [0.1, 0.15) is 0 Å². The second kappa shape index (κ2) is 8.52. The van der Waals surface area contributed by atoms with Crippen molar-refractivity contribution in [2.24, 2.45) is 0 Å². The predicted molar refractivity (Wildman–Crippen MR) is 100 cm³/mol. The summed E-state index contributed by atoms with van der Waals surface area (Å²) >= 11 is 6.15. The second-order valence-electron chi connectivity index (χ2n) is 6.74. The summed E-state index contributed by atoms with van der Waals surface area (Å²) in [5.41, 5.74) is 0.823. The predicted octanol–water partition coefficient (Wildman–Crippen LogP) is 2.27. The third-order valence-electron chi connectivity index (χ3n) is 4.81. The highest BCUT2D eigenvalue weighted by molar-refractivity contribution is 6.31. The van der Waals surface area contributed by atoms with Crippen molar-refractivity contribution in [3.8, 4) is 0 Å². The normalized spacial score (nSPS) is 16.6. The Kier molecular flexibility index (Phi) is 6.11. The molecule has 0 saturated carbocycles. The first-order valence-electron chi connectivity index (χ1n) is 9.01. The number of carbonyl (C=O) groups is 2. The number of hydrogen-bond donors (Lipinski definition) is 0. The van der Waals surface area contributed by atoms with Crippen LogP contribution in [0.1, 0.15) is 30.6 Å². The van der Waals surface area contributed by atoms with Crippen LogP contribution in [0, 0.1) is 6.92 Å². The lowest BCUT2D eigenvalue weighted by molar-refractivity contribution is -0.133. The fourth-order valence-corrected chi connectivity index (χ4v) is 3.60. The van der Waals surface area contributed by atoms with E-state index in [1.807, 2.05) is 23.1 Å². The van der Waals surface area contributed by atoms with Crippen LogP contribution < -0.4 is 0 Å². The van der Waals surface area contributed by atoms with E-state index in [4.69, 9.17) is 16.1 Å². The van der Waals surface area contributed by atoms with Crippen molar-refractivity contribution in [2.75, 3.05) is 19.6 Å². The Hall–Kier alpha value is -2.41. The van der Waals surface area contributed by atoms with Gasteiger partial charge < -0.3 is 14.3 Å². The minimum absolute atomic E-state index is 0.00527. The van der Waals surface area contributed by atoms with Crippen molar-refractivity contribution in [3.63, 3.8) is 0 Å². The van der Waals surface area contributed by atoms with Gasteiger partial charge in [0.15, 0.2) is 5.82 Å². The van der Waals surface area contributed by atoms with Gasteiger partial charge in [0.05, 0.1) is 12.5 Å². The van der Waals surface area contributed by atoms with Gasteiger partial charge in [-0.3, -0.25) is 9.59 Å². The van der Waals surface area contributed by atoms with Crippen molar-refractivity contribution < 1.29 is 14.1 Å². The molecular formula is C19H23ClN4O3. The summed E-state index contributed by atoms with van der Waals surface area (Å²) < 4.78 is 4.97. The number of halogens is 1. The molecular weight excluding hydrogens is 368 g/mol. The van der Waals surface area contributed by atoms with Crippen molar-refractivity contribution in [1.82, 2.24) is 19.9 Å². The number of aryl methyl sites for hydroxylation is 1. The van der Waals surface area contributed by atoms with Gasteiger partial charge in [0, 0.05) is 44.9 Å². The summed E-state index contributed by atoms with van der Waals surface area (Å²) in [6, 6.07) is 7.37. The van der Waals surface area contributed by atoms with Crippen molar-refractivity contribution in [1.29, 1.82) is 0 Å². The Balaban J connectivity index is 1.58. The molecule has 144 valence electrons. The van der Waals surface area contributed by atoms with Gasteiger partial charge in [-0.25, -0.2) is 0 Å². The van der Waals surface area contributed by atoms with Crippen molar-refractivity contribution >= 4 is 23.4 Å². The molecule has 3 rings (SSSR count). The molecule has 1 aromatic carbocycles. The maximum absolute atomic E-state index is 12.6. The maximum Gasteiger partial charge on any atom is 0.227 e. The van der Waals surface area contributed by atoms with Crippen LogP contribution in [0.15, 0.2) is 28.8 Å². The van der Waals surface area contributed by atoms with E-state index < -0.39 is 0 Å². The van der Waals surface area contributed by atoms with Crippen LogP contribution in [0.5, 0.6) is 0 Å². The molecule has 0 aliphatic carbocycles. The lowest BCUT2D eigenvalue weighted by Crippen LogP contribution is -2.43. The van der Waals surface area contributed by atoms with Gasteiger partial charge in [-0.05, 0) is 18.1 Å². The van der Waals surface area contributed by atoms with Crippen LogP contribution >= 0.6 is 11.6 Å². The molecule has 0 N–H and O–H groups in total. The van der Waals surface area contributed by atoms with Gasteiger partial charge in [-0.15, -0.1) is 0 Å². The van der Waals surface area contributed by atoms with E-state index in [0.29, 0.717) is 42.8 Å². The fraction of sp³-hybridized carbons (Fsp3) is 0.474. The highest BCUT2D eigenvalue weighted by atomic mass is 35.5. The van der Waals surface area contributed by atoms with E-state index in [1.165, 1.54) is 0 Å². The zero-order valence-corrected chi connectivity index (χ0v) is 16.3. The van der Waals surface area contributed by atoms with Crippen LogP contribution in [0.25, 0.3) is 0 Å². The van der Waals surface area contributed by atoms with Gasteiger partial charge in [-0.2, -0.15) is 4.98 Å². The first-order chi connectivity index (χ1) is 12.9. The minimum atomic E-state index is -0.0133. The molecule has 1 fully saturated rings. The molecule has 1 aliphatic heterocycles. The van der Waals surface area contributed by atoms with E-state index in [-0.39, 0.29) is 24.3 Å². The van der Waals surface area contributed by atoms with Crippen LogP contribution in [0.2, 0.25) is 5.02 Å². The molecule has 1 aromatic heterocycles. The third kappa shape index (κ3) is 4.86. The number of rotatable bonds is 6. The summed E-state index contributed by atoms with van der Waals surface area (Å²) in [6.45, 7) is 4.97. The standard InChI is InChI=1S/C19H23ClN4O3/c1-13-21-18(22-27-13)8-10-24(14(2)25)16-7-9-23(12-16)19(26)11-15-5-3-4-6-17(15)20/h3-6,16H,7-12H2,1-2H3. The van der Waals surface area contributed by atoms with Gasteiger partial charge in [0.2, 0.25) is 17.7 Å². The number of nitrogens with zero attached hydrogens (tertiary/aromatic N) is 4. The number of hydrogen-bond acceptors (Lipinski definition) is 5. The molecule has 1 aliphatic rings. The number of aromatic nitrogens is 2. The lowest BCUT2D eigenvalue weighted by atomic mass is 10.1. The van der Waals surface area contributed by atoms with Gasteiger partial charge in [-0.1, -0.05) is 35.0 Å². The van der Waals surface area contributed by atoms with Gasteiger partial charge in [0.25, 0.3) is 0 Å². The number of amides is 2. The maximum atomic E-state index is 12.6. The van der Waals surface area contributed by atoms with Crippen LogP contribution in [0.3, 0.4) is 0 Å². The van der Waals surface area contributed by atoms with E-state index in [0.717, 1.165) is 12.0 Å². The molecule has 2 heterocycles. The SMILES string of the molecule is CC(=O)N(CCc1noc(C)n1)C1CCN(C(=O)Cc2ccccc2Cl)C1. The Morgan fingerprint density at radius 3 is 2.81 bits per heavy atom. The molecule has 0 spiro atoms. The summed E-state index contributed by atoms with van der Waals surface area (Å²) in [5.74, 6) is 1.11. The molecule has 7 nitrogen and oxygen atoms in total. The first kappa shape index (κ1) is 19.4. The average Bonchev–Trinajstić information content (AvgIpc) is 3.26. The van der Waals surface area contributed by atoms with Crippen molar-refractivity contribution in [3.05, 3.63) is 46.6 Å². The largest absolute Gasteiger partial charge is 0.340 e. The summed E-state index contributed by atoms with van der Waals surface area (Å²) in [5, 5.41) is 4.47. The molecule has 2 amide bonds. The molecule has 1 saturated heterocycles. The Bertz CT molecular complexity index is 823. The van der Waals surface area contributed by atoms with Crippen LogP contribution in [-0.2, 0) is 22.4 Å². The Labute approximate surface area is 163 Å². The van der Waals surface area contributed by atoms with Gasteiger partial charge >= 0.3 is 0 Å². The number of carbonyl (C=O) groups excluding carboxylic acids is 2. The van der Waals surface area contributed by atoms with E-state index in [9.17, 15) is 9.59 Å². The minimum Gasteiger partial charge on any atom is -0.340 e. The first-order valence-corrected chi connectivity index (χ1v) is 9.39. The molecule has 27 heavy (non-hydrogen) atoms. The zero-order valence-electron chi connectivity index (χ0n) is 15.5. The average molecular weight is 391 g/mol. The van der Waals surface area contributed by atoms with E-state index in [2.05, 4.69) is 10.1 Å². The van der Waals surface area contributed by atoms with Crippen LogP contribution in [-0.4, -0.2) is 57.4 Å². The molecule has 8 heteroatoms. The van der Waals surface area contributed by atoms with Crippen LogP contribution in [0.4, 0.5) is 0 Å². The Morgan fingerprint density at radius 1 is 1.37 bits per heavy atom. The topological polar surface area (TPSA) is 79.5 Å². The molecule has 1 unspecified atom stereocenters. The highest BCUT2D eigenvalue weighted by Gasteiger charge is 2.31. The second-order valence-corrected chi connectivity index (χ2v) is 7.15. The number of likely N-dealkylation sites (tertiary alicyclic amines) is 1. The third-order valence-corrected chi connectivity index (χ3v) is 5.18. The molecule has 0 bridgehead atoms. The van der Waals surface area contributed by atoms with E-state index in [1.54, 1.807) is 24.8 Å². The number of benzene rings is 1. The lowest BCUT2D eigenvalue weighted by Gasteiger charge is -2.27. The molecule has 0 radical (unpaired) electrons. The monoisotopic (exact) mass is 390 g/mol. The zero-order chi connectivity index (χ0) is 19.4. The molecule has 2 aromatic rings. The smallest absolute Gasteiger partial charge is 0.227 e. The Morgan fingerprint density at radius 2 is 2.15 bits per heavy atom. The summed E-state index contributed by atoms with van der Waals surface area (Å²) in [4.78, 5) is 32.5. The summed E-state index contributed by atoms with van der Waals surface area (Å²) in [6.07, 6.45) is 1.56. The van der Waals surface area contributed by atoms with E-state index >= 15 is 0 Å². The summed E-state index contributed by atoms with van der Waals surface area (Å²) in [7, 11) is 0. The van der Waals surface area contributed by atoms with Crippen molar-refractivity contribution in [2.45, 2.75) is 39.2 Å². The molecule has 1 atom stereocenters. The highest BCUT2D eigenvalue weighted by Crippen LogP contribution is 2.20. The quantitative estimate of drug-likeness (QED) is 0.755.